The van der Waals surface area contributed by atoms with Crippen LogP contribution in [-0.4, -0.2) is 107 Å². The van der Waals surface area contributed by atoms with Crippen LogP contribution in [-0.2, 0) is 24.8 Å². The van der Waals surface area contributed by atoms with Crippen LogP contribution in [0.25, 0.3) is 5.76 Å². The molecule has 1 aromatic rings. The van der Waals surface area contributed by atoms with Crippen LogP contribution >= 0.6 is 12.4 Å². The van der Waals surface area contributed by atoms with Crippen LogP contribution in [0.1, 0.15) is 25.0 Å². The van der Waals surface area contributed by atoms with Crippen molar-refractivity contribution in [2.45, 2.75) is 37.2 Å². The van der Waals surface area contributed by atoms with E-state index >= 15 is 0 Å². The summed E-state index contributed by atoms with van der Waals surface area (Å²) in [5.41, 5.74) is -1.78. The summed E-state index contributed by atoms with van der Waals surface area (Å²) in [6, 6.07) is 2.50. The number of benzene rings is 1. The molecule has 0 unspecified atom stereocenters. The Bertz CT molecular complexity index is 1290. The normalized spacial score (nSPS) is 30.3. The van der Waals surface area contributed by atoms with Gasteiger partial charge in [0.1, 0.15) is 22.8 Å². The first kappa shape index (κ1) is 36.4. The van der Waals surface area contributed by atoms with Gasteiger partial charge in [0.25, 0.3) is 11.9 Å². The second-order valence-corrected chi connectivity index (χ2v) is 9.58. The number of carboxylic acids is 1. The third kappa shape index (κ3) is 4.92. The van der Waals surface area contributed by atoms with Crippen LogP contribution in [0.5, 0.6) is 5.75 Å². The Morgan fingerprint density at radius 2 is 1.55 bits per heavy atom. The first-order chi connectivity index (χ1) is 16.9. The van der Waals surface area contributed by atoms with Crippen molar-refractivity contribution in [2.24, 2.45) is 17.6 Å². The molecule has 15 nitrogen and oxygen atoms in total. The number of hydrogen-bond donors (Lipinski definition) is 8. The molecule has 0 aromatic heterocycles. The number of Topliss-reactive ketones (excluding diaryl/α,β-unsaturated/α-hetero) is 2. The van der Waals surface area contributed by atoms with Gasteiger partial charge in [0, 0.05) is 6.92 Å². The van der Waals surface area contributed by atoms with Gasteiger partial charge in [0.05, 0.1) is 40.7 Å². The predicted molar refractivity (Wildman–Crippen MR) is 139 cm³/mol. The summed E-state index contributed by atoms with van der Waals surface area (Å²) in [6.45, 7) is 2.34. The number of aliphatic carboxylic acids is 1. The highest BCUT2D eigenvalue weighted by Gasteiger charge is 2.70. The summed E-state index contributed by atoms with van der Waals surface area (Å²) >= 11 is 0. The quantitative estimate of drug-likeness (QED) is 0.165. The smallest absolute Gasteiger partial charge is 0.300 e. The molecule has 1 fully saturated rings. The number of hydrogen-bond acceptors (Lipinski definition) is 11. The highest BCUT2D eigenvalue weighted by atomic mass is 35.5. The summed E-state index contributed by atoms with van der Waals surface area (Å²) in [6.07, 6.45) is -1.87. The lowest BCUT2D eigenvalue weighted by atomic mass is 9.53. The number of ketones is 2. The Morgan fingerprint density at radius 3 is 2.00 bits per heavy atom. The number of amides is 1. The number of halogens is 1. The summed E-state index contributed by atoms with van der Waals surface area (Å²) in [5.74, 6) is -10.5. The van der Waals surface area contributed by atoms with Crippen molar-refractivity contribution >= 4 is 41.6 Å². The minimum Gasteiger partial charge on any atom is -0.508 e. The number of primary amides is 1. The van der Waals surface area contributed by atoms with E-state index in [1.807, 2.05) is 0 Å². The number of aliphatic hydroxyl groups is 5. The fourth-order valence-electron chi connectivity index (χ4n) is 5.60. The van der Waals surface area contributed by atoms with E-state index in [0.717, 1.165) is 6.92 Å². The van der Waals surface area contributed by atoms with E-state index in [2.05, 4.69) is 0 Å². The third-order valence-corrected chi connectivity index (χ3v) is 7.03. The fourth-order valence-corrected chi connectivity index (χ4v) is 5.60. The minimum absolute atomic E-state index is 0. The molecule has 3 aliphatic carbocycles. The van der Waals surface area contributed by atoms with Crippen LogP contribution in [0.15, 0.2) is 35.1 Å². The highest BCUT2D eigenvalue weighted by molar-refractivity contribution is 6.24. The molecule has 1 aromatic carbocycles. The molecule has 0 aliphatic heterocycles. The number of aromatic hydroxyl groups is 1. The highest BCUT2D eigenvalue weighted by Crippen LogP contribution is 2.57. The molecule has 0 spiro atoms. The summed E-state index contributed by atoms with van der Waals surface area (Å²) in [4.78, 5) is 48.9. The van der Waals surface area contributed by atoms with Crippen molar-refractivity contribution in [3.05, 3.63) is 46.2 Å². The summed E-state index contributed by atoms with van der Waals surface area (Å²) < 4.78 is 0. The maximum Gasteiger partial charge on any atom is 0.300 e. The second kappa shape index (κ2) is 11.9. The lowest BCUT2D eigenvalue weighted by molar-refractivity contribution is -0.181. The number of phenolic OH excluding ortho intramolecular Hbond substituents is 1. The maximum absolute atomic E-state index is 13.7. The number of carbonyl (C=O) groups excluding carboxylic acids is 3. The number of carbonyl (C=O) groups is 4. The van der Waals surface area contributed by atoms with E-state index in [0.29, 0.717) is 0 Å². The monoisotopic (exact) mass is 592 g/mol. The molecule has 6 atom stereocenters. The molecule has 1 amide bonds. The zero-order valence-electron chi connectivity index (χ0n) is 21.7. The molecular weight excluding hydrogens is 560 g/mol. The second-order valence-electron chi connectivity index (χ2n) is 9.58. The standard InChI is InChI=1S/C22H24N2O9.C2H4O2.ClH.2H2O/c1-21(32)7-5-4-6-8(25)9(7)15(26)10-12(21)17(28)13-14(24(2)3)16(27)11(20(23)31)19(30)22(13,33)18(10)29;1-2(3)4;;;/h4-6,12-14,17,25-26,28,30,32-33H,1-3H3,(H2,23,31);1H3,(H,3,4);1H;2*1H2/t12-,13-,14+,17+,21-,22+;;;;/m1..../s1. The van der Waals surface area contributed by atoms with Gasteiger partial charge in [-0.1, -0.05) is 12.1 Å². The third-order valence-electron chi connectivity index (χ3n) is 7.03. The van der Waals surface area contributed by atoms with Gasteiger partial charge in [-0.3, -0.25) is 24.1 Å². The van der Waals surface area contributed by atoms with E-state index in [-0.39, 0.29) is 34.5 Å². The molecule has 3 aliphatic rings. The topological polar surface area (TPSA) is 302 Å². The van der Waals surface area contributed by atoms with Gasteiger partial charge in [-0.05, 0) is 32.6 Å². The Kier molecular flexibility index (Phi) is 10.8. The van der Waals surface area contributed by atoms with E-state index in [1.54, 1.807) is 0 Å². The largest absolute Gasteiger partial charge is 0.508 e. The molecule has 4 rings (SSSR count). The fraction of sp³-hybridized carbons (Fsp3) is 0.417. The van der Waals surface area contributed by atoms with Crippen molar-refractivity contribution < 1.29 is 65.9 Å². The number of likely N-dealkylation sites (N-methyl/N-ethyl adjacent to an activating group) is 1. The molecule has 1 saturated carbocycles. The van der Waals surface area contributed by atoms with E-state index in [1.165, 1.54) is 44.1 Å². The average Bonchev–Trinajstić information content (AvgIpc) is 2.75. The maximum atomic E-state index is 13.7. The van der Waals surface area contributed by atoms with Crippen LogP contribution in [0, 0.1) is 11.8 Å². The van der Waals surface area contributed by atoms with E-state index in [4.69, 9.17) is 15.6 Å². The number of fused-ring (bicyclic) bond motifs is 3. The summed E-state index contributed by atoms with van der Waals surface area (Å²) in [5, 5.41) is 73.8. The van der Waals surface area contributed by atoms with E-state index < -0.39 is 87.0 Å². The average molecular weight is 593 g/mol. The predicted octanol–water partition coefficient (Wildman–Crippen LogP) is -2.54. The van der Waals surface area contributed by atoms with Gasteiger partial charge in [-0.15, -0.1) is 12.4 Å². The molecule has 0 radical (unpaired) electrons. The number of nitrogens with two attached hydrogens (primary N) is 1. The van der Waals surface area contributed by atoms with Gasteiger partial charge in [0.15, 0.2) is 11.4 Å². The SMILES string of the molecule is CC(=O)O.CN(C)[C@@H]1C(=O)C(C(N)=O)=C(O)[C@@]2(O)C(=O)C3=C(O)c4c(O)cccc4[C@@](C)(O)[C@H]3[C@H](O)[C@@H]12.Cl.O.O. The lowest BCUT2D eigenvalue weighted by Crippen LogP contribution is -2.71. The Morgan fingerprint density at radius 1 is 1.05 bits per heavy atom. The number of rotatable bonds is 2. The Balaban J connectivity index is 0.00000204. The van der Waals surface area contributed by atoms with Gasteiger partial charge in [-0.25, -0.2) is 0 Å². The Hall–Kier alpha value is -3.57. The number of aliphatic hydroxyl groups excluding tert-OH is 3. The van der Waals surface area contributed by atoms with Crippen molar-refractivity contribution in [3.8, 4) is 5.75 Å². The molecular formula is C24H33ClN2O13. The molecule has 0 bridgehead atoms. The van der Waals surface area contributed by atoms with Crippen molar-refractivity contribution in [2.75, 3.05) is 14.1 Å². The minimum atomic E-state index is -3.02. The van der Waals surface area contributed by atoms with Crippen molar-refractivity contribution in [1.29, 1.82) is 0 Å². The van der Waals surface area contributed by atoms with Crippen molar-refractivity contribution in [3.63, 3.8) is 0 Å². The lowest BCUT2D eigenvalue weighted by Gasteiger charge is -2.55. The van der Waals surface area contributed by atoms with Crippen molar-refractivity contribution in [1.82, 2.24) is 4.90 Å². The van der Waals surface area contributed by atoms with Gasteiger partial charge < -0.3 is 52.4 Å². The molecule has 13 N–H and O–H groups in total. The first-order valence-corrected chi connectivity index (χ1v) is 11.0. The van der Waals surface area contributed by atoms with Crippen LogP contribution < -0.4 is 5.73 Å². The summed E-state index contributed by atoms with van der Waals surface area (Å²) in [7, 11) is 2.80. The van der Waals surface area contributed by atoms with Gasteiger partial charge >= 0.3 is 0 Å². The molecule has 0 heterocycles. The molecule has 224 valence electrons. The number of nitrogens with zero attached hydrogens (tertiary/aromatic N) is 1. The molecule has 0 saturated heterocycles. The van der Waals surface area contributed by atoms with Gasteiger partial charge in [-0.2, -0.15) is 0 Å². The van der Waals surface area contributed by atoms with Gasteiger partial charge in [0.2, 0.25) is 5.78 Å². The zero-order chi connectivity index (χ0) is 28.4. The number of phenols is 1. The first-order valence-electron chi connectivity index (χ1n) is 11.0. The molecule has 16 heteroatoms. The zero-order valence-corrected chi connectivity index (χ0v) is 22.6. The van der Waals surface area contributed by atoms with E-state index in [9.17, 15) is 45.0 Å². The van der Waals surface area contributed by atoms with Crippen LogP contribution in [0.3, 0.4) is 0 Å². The molecule has 40 heavy (non-hydrogen) atoms. The van der Waals surface area contributed by atoms with Crippen LogP contribution in [0.2, 0.25) is 0 Å². The number of carboxylic acid groups (broad SMARTS) is 1. The van der Waals surface area contributed by atoms with Crippen LogP contribution in [0.4, 0.5) is 0 Å². The Labute approximate surface area is 233 Å².